The number of hydrogen-bond donors (Lipinski definition) is 1. The molecule has 0 spiro atoms. The van der Waals surface area contributed by atoms with E-state index in [0.29, 0.717) is 13.1 Å². The number of nitrogens with one attached hydrogen (secondary N) is 1. The van der Waals surface area contributed by atoms with Gasteiger partial charge in [0, 0.05) is 51.1 Å². The molecular formula is C15H27ClN4O3S. The fourth-order valence-electron chi connectivity index (χ4n) is 3.35. The number of aryl methyl sites for hydroxylation is 1. The number of halogens is 1. The van der Waals surface area contributed by atoms with Crippen LogP contribution in [0.15, 0.2) is 12.4 Å². The highest BCUT2D eigenvalue weighted by atomic mass is 35.5. The van der Waals surface area contributed by atoms with E-state index < -0.39 is 9.84 Å². The van der Waals surface area contributed by atoms with E-state index in [1.165, 1.54) is 6.26 Å². The van der Waals surface area contributed by atoms with Crippen LogP contribution >= 0.6 is 12.4 Å². The van der Waals surface area contributed by atoms with Crippen LogP contribution in [0, 0.1) is 5.92 Å². The minimum Gasteiger partial charge on any atom is -0.339 e. The quantitative estimate of drug-likeness (QED) is 0.775. The summed E-state index contributed by atoms with van der Waals surface area (Å²) in [5, 5.41) is 7.46. The summed E-state index contributed by atoms with van der Waals surface area (Å²) in [5.74, 6) is -0.0936. The van der Waals surface area contributed by atoms with Crippen LogP contribution in [0.5, 0.6) is 0 Å². The lowest BCUT2D eigenvalue weighted by Crippen LogP contribution is -2.46. The summed E-state index contributed by atoms with van der Waals surface area (Å²) in [5.41, 5.74) is 1.04. The van der Waals surface area contributed by atoms with Crippen molar-refractivity contribution < 1.29 is 13.2 Å². The minimum absolute atomic E-state index is 0. The third-order valence-electron chi connectivity index (χ3n) is 4.38. The van der Waals surface area contributed by atoms with Gasteiger partial charge in [-0.25, -0.2) is 8.42 Å². The number of sulfone groups is 1. The number of rotatable bonds is 6. The Morgan fingerprint density at radius 2 is 2.17 bits per heavy atom. The van der Waals surface area contributed by atoms with E-state index in [1.54, 1.807) is 22.7 Å². The highest BCUT2D eigenvalue weighted by Crippen LogP contribution is 2.29. The van der Waals surface area contributed by atoms with Crippen molar-refractivity contribution in [1.29, 1.82) is 0 Å². The minimum atomic E-state index is -3.12. The molecule has 1 aromatic rings. The summed E-state index contributed by atoms with van der Waals surface area (Å²) in [7, 11) is -1.26. The van der Waals surface area contributed by atoms with Gasteiger partial charge in [0.1, 0.15) is 9.84 Å². The first kappa shape index (κ1) is 20.9. The van der Waals surface area contributed by atoms with Gasteiger partial charge in [-0.05, 0) is 19.4 Å². The number of carbonyl (C=O) groups is 1. The summed E-state index contributed by atoms with van der Waals surface area (Å²) < 4.78 is 24.8. The molecule has 0 bridgehead atoms. The average molecular weight is 379 g/mol. The van der Waals surface area contributed by atoms with Gasteiger partial charge in [-0.3, -0.25) is 9.48 Å². The molecule has 3 atom stereocenters. The Bertz CT molecular complexity index is 661. The predicted molar refractivity (Wildman–Crippen MR) is 96.1 cm³/mol. The number of aromatic nitrogens is 2. The summed E-state index contributed by atoms with van der Waals surface area (Å²) >= 11 is 0. The molecule has 1 amide bonds. The van der Waals surface area contributed by atoms with Crippen molar-refractivity contribution in [2.75, 3.05) is 31.6 Å². The molecule has 9 heteroatoms. The molecule has 0 radical (unpaired) electrons. The molecule has 1 saturated heterocycles. The summed E-state index contributed by atoms with van der Waals surface area (Å²) in [6.45, 7) is 5.54. The molecule has 1 N–H and O–H groups in total. The Labute approximate surface area is 150 Å². The smallest absolute Gasteiger partial charge is 0.227 e. The van der Waals surface area contributed by atoms with Crippen LogP contribution in [0.1, 0.15) is 25.3 Å². The zero-order chi connectivity index (χ0) is 17.2. The van der Waals surface area contributed by atoms with Crippen LogP contribution < -0.4 is 5.32 Å². The average Bonchev–Trinajstić information content (AvgIpc) is 3.05. The van der Waals surface area contributed by atoms with Crippen molar-refractivity contribution in [1.82, 2.24) is 20.0 Å². The number of amides is 1. The normalized spacial score (nSPS) is 22.0. The van der Waals surface area contributed by atoms with Gasteiger partial charge < -0.3 is 10.2 Å². The molecule has 0 aliphatic carbocycles. The first-order valence-electron chi connectivity index (χ1n) is 7.90. The topological polar surface area (TPSA) is 84.3 Å². The lowest BCUT2D eigenvalue weighted by atomic mass is 9.89. The van der Waals surface area contributed by atoms with Gasteiger partial charge in [-0.1, -0.05) is 0 Å². The van der Waals surface area contributed by atoms with E-state index in [-0.39, 0.29) is 41.9 Å². The van der Waals surface area contributed by atoms with Gasteiger partial charge >= 0.3 is 0 Å². The SMILES string of the molecule is CCN(C(=O)[C@H]1CNC[C@@H]1c1cnn(C)c1)C(C)CS(C)(=O)=O.Cl. The molecule has 1 aromatic heterocycles. The maximum absolute atomic E-state index is 13.0. The van der Waals surface area contributed by atoms with Crippen LogP contribution in [0.2, 0.25) is 0 Å². The second kappa shape index (κ2) is 8.31. The Morgan fingerprint density at radius 1 is 1.50 bits per heavy atom. The van der Waals surface area contributed by atoms with Gasteiger partial charge in [-0.15, -0.1) is 12.4 Å². The fraction of sp³-hybridized carbons (Fsp3) is 0.733. The van der Waals surface area contributed by atoms with E-state index >= 15 is 0 Å². The largest absolute Gasteiger partial charge is 0.339 e. The van der Waals surface area contributed by atoms with E-state index in [9.17, 15) is 13.2 Å². The van der Waals surface area contributed by atoms with Gasteiger partial charge in [0.05, 0.1) is 17.9 Å². The van der Waals surface area contributed by atoms with Crippen molar-refractivity contribution >= 4 is 28.2 Å². The second-order valence-corrected chi connectivity index (χ2v) is 8.57. The molecule has 138 valence electrons. The number of hydrogen-bond acceptors (Lipinski definition) is 5. The van der Waals surface area contributed by atoms with Gasteiger partial charge in [0.25, 0.3) is 0 Å². The zero-order valence-electron chi connectivity index (χ0n) is 14.6. The maximum Gasteiger partial charge on any atom is 0.227 e. The van der Waals surface area contributed by atoms with Crippen LogP contribution in [0.4, 0.5) is 0 Å². The molecule has 1 unspecified atom stereocenters. The molecule has 0 saturated carbocycles. The third kappa shape index (κ3) is 4.94. The van der Waals surface area contributed by atoms with E-state index in [2.05, 4.69) is 10.4 Å². The maximum atomic E-state index is 13.0. The molecule has 0 aromatic carbocycles. The van der Waals surface area contributed by atoms with Gasteiger partial charge in [0.2, 0.25) is 5.91 Å². The molecular weight excluding hydrogens is 352 g/mol. The Morgan fingerprint density at radius 3 is 2.67 bits per heavy atom. The number of nitrogens with zero attached hydrogens (tertiary/aromatic N) is 3. The van der Waals surface area contributed by atoms with Crippen molar-refractivity contribution in [3.05, 3.63) is 18.0 Å². The monoisotopic (exact) mass is 378 g/mol. The van der Waals surface area contributed by atoms with Crippen molar-refractivity contribution in [3.8, 4) is 0 Å². The van der Waals surface area contributed by atoms with E-state index in [0.717, 1.165) is 12.1 Å². The highest BCUT2D eigenvalue weighted by Gasteiger charge is 2.38. The van der Waals surface area contributed by atoms with E-state index in [4.69, 9.17) is 0 Å². The van der Waals surface area contributed by atoms with Crippen molar-refractivity contribution in [2.45, 2.75) is 25.8 Å². The van der Waals surface area contributed by atoms with Crippen LogP contribution in [0.25, 0.3) is 0 Å². The molecule has 7 nitrogen and oxygen atoms in total. The molecule has 1 fully saturated rings. The Kier molecular flexibility index (Phi) is 7.25. The lowest BCUT2D eigenvalue weighted by molar-refractivity contribution is -0.136. The molecule has 1 aliphatic rings. The predicted octanol–water partition coefficient (Wildman–Crippen LogP) is 0.427. The second-order valence-electron chi connectivity index (χ2n) is 6.38. The van der Waals surface area contributed by atoms with Gasteiger partial charge in [-0.2, -0.15) is 5.10 Å². The first-order chi connectivity index (χ1) is 10.7. The van der Waals surface area contributed by atoms with Crippen molar-refractivity contribution in [2.24, 2.45) is 13.0 Å². The molecule has 2 heterocycles. The fourth-order valence-corrected chi connectivity index (χ4v) is 4.40. The standard InChI is InChI=1S/C15H26N4O3S.ClH/c1-5-19(11(2)10-23(4,21)22)15(20)14-8-16-7-13(14)12-6-17-18(3)9-12;/h6,9,11,13-14,16H,5,7-8,10H2,1-4H3;1H/t11?,13-,14+;/m1./s1. The van der Waals surface area contributed by atoms with E-state index in [1.807, 2.05) is 20.2 Å². The first-order valence-corrected chi connectivity index (χ1v) is 9.96. The lowest BCUT2D eigenvalue weighted by Gasteiger charge is -2.31. The van der Waals surface area contributed by atoms with Crippen molar-refractivity contribution in [3.63, 3.8) is 0 Å². The van der Waals surface area contributed by atoms with Crippen LogP contribution in [-0.2, 0) is 21.7 Å². The van der Waals surface area contributed by atoms with Gasteiger partial charge in [0.15, 0.2) is 0 Å². The zero-order valence-corrected chi connectivity index (χ0v) is 16.2. The van der Waals surface area contributed by atoms with Crippen LogP contribution in [-0.4, -0.2) is 66.7 Å². The van der Waals surface area contributed by atoms with Crippen LogP contribution in [0.3, 0.4) is 0 Å². The summed E-state index contributed by atoms with van der Waals surface area (Å²) in [4.78, 5) is 14.6. The summed E-state index contributed by atoms with van der Waals surface area (Å²) in [6, 6.07) is -0.322. The molecule has 24 heavy (non-hydrogen) atoms. The summed E-state index contributed by atoms with van der Waals surface area (Å²) in [6.07, 6.45) is 4.94. The third-order valence-corrected chi connectivity index (χ3v) is 5.47. The number of carbonyl (C=O) groups excluding carboxylic acids is 1. The molecule has 2 rings (SSSR count). The molecule has 1 aliphatic heterocycles. The Balaban J connectivity index is 0.00000288. The Hall–Kier alpha value is -1.12. The highest BCUT2D eigenvalue weighted by molar-refractivity contribution is 7.90.